The topological polar surface area (TPSA) is 100 Å². The van der Waals surface area contributed by atoms with Crippen molar-refractivity contribution in [1.29, 1.82) is 0 Å². The van der Waals surface area contributed by atoms with E-state index in [4.69, 9.17) is 5.11 Å². The van der Waals surface area contributed by atoms with E-state index in [-0.39, 0.29) is 17.9 Å². The maximum absolute atomic E-state index is 12.8. The summed E-state index contributed by atoms with van der Waals surface area (Å²) >= 11 is 0. The fourth-order valence-corrected chi connectivity index (χ4v) is 3.66. The number of fused-ring (bicyclic) bond motifs is 1. The minimum Gasteiger partial charge on any atom is -0.480 e. The maximum atomic E-state index is 12.8. The van der Waals surface area contributed by atoms with E-state index >= 15 is 0 Å². The highest BCUT2D eigenvalue weighted by Crippen LogP contribution is 2.25. The van der Waals surface area contributed by atoms with Crippen LogP contribution in [0.1, 0.15) is 36.2 Å². The highest BCUT2D eigenvalue weighted by atomic mass is 16.4. The van der Waals surface area contributed by atoms with Crippen molar-refractivity contribution in [2.45, 2.75) is 31.7 Å². The summed E-state index contributed by atoms with van der Waals surface area (Å²) in [6.07, 6.45) is 3.18. The molecule has 2 aromatic rings. The van der Waals surface area contributed by atoms with Gasteiger partial charge < -0.3 is 20.3 Å². The van der Waals surface area contributed by atoms with Gasteiger partial charge in [-0.15, -0.1) is 0 Å². The van der Waals surface area contributed by atoms with Gasteiger partial charge in [-0.05, 0) is 25.0 Å². The van der Waals surface area contributed by atoms with E-state index in [2.05, 4.69) is 10.6 Å². The maximum Gasteiger partial charge on any atom is 0.322 e. The molecule has 26 heavy (non-hydrogen) atoms. The van der Waals surface area contributed by atoms with Gasteiger partial charge in [0.2, 0.25) is 5.91 Å². The van der Waals surface area contributed by atoms with Gasteiger partial charge in [-0.3, -0.25) is 14.4 Å². The molecule has 1 aliphatic rings. The number of hydrogen-bond donors (Lipinski definition) is 3. The van der Waals surface area contributed by atoms with Crippen molar-refractivity contribution in [3.63, 3.8) is 0 Å². The summed E-state index contributed by atoms with van der Waals surface area (Å²) in [7, 11) is 1.84. The van der Waals surface area contributed by atoms with Gasteiger partial charge in [0.15, 0.2) is 0 Å². The molecule has 1 aromatic heterocycles. The Morgan fingerprint density at radius 2 is 1.92 bits per heavy atom. The van der Waals surface area contributed by atoms with Gasteiger partial charge in [-0.25, -0.2) is 0 Å². The molecule has 1 heterocycles. The van der Waals surface area contributed by atoms with Gasteiger partial charge in [-0.1, -0.05) is 31.0 Å². The van der Waals surface area contributed by atoms with Crippen molar-refractivity contribution < 1.29 is 19.5 Å². The second kappa shape index (κ2) is 7.59. The lowest BCUT2D eigenvalue weighted by Gasteiger charge is -2.31. The van der Waals surface area contributed by atoms with Crippen molar-refractivity contribution in [2.75, 3.05) is 6.54 Å². The molecule has 0 aliphatic heterocycles. The summed E-state index contributed by atoms with van der Waals surface area (Å²) in [6.45, 7) is -0.404. The van der Waals surface area contributed by atoms with Crippen LogP contribution in [0.25, 0.3) is 10.9 Å². The number of nitrogens with one attached hydrogen (secondary N) is 2. The van der Waals surface area contributed by atoms with Crippen LogP contribution >= 0.6 is 0 Å². The molecule has 7 heteroatoms. The number of benzene rings is 1. The van der Waals surface area contributed by atoms with E-state index in [0.717, 1.165) is 23.7 Å². The first kappa shape index (κ1) is 18.0. The van der Waals surface area contributed by atoms with Crippen molar-refractivity contribution in [3.8, 4) is 0 Å². The highest BCUT2D eigenvalue weighted by molar-refractivity contribution is 5.99. The number of carboxylic acid groups (broad SMARTS) is 1. The fraction of sp³-hybridized carbons (Fsp3) is 0.421. The number of rotatable bonds is 5. The number of carbonyl (C=O) groups excluding carboxylic acids is 2. The Bertz CT molecular complexity index is 842. The van der Waals surface area contributed by atoms with E-state index in [1.165, 1.54) is 0 Å². The Morgan fingerprint density at radius 3 is 2.65 bits per heavy atom. The number of para-hydroxylation sites is 1. The fourth-order valence-electron chi connectivity index (χ4n) is 3.66. The molecule has 0 radical (unpaired) electrons. The van der Waals surface area contributed by atoms with Crippen LogP contribution in [0, 0.1) is 5.92 Å². The molecule has 138 valence electrons. The molecule has 2 atom stereocenters. The number of aryl methyl sites for hydroxylation is 1. The molecule has 7 nitrogen and oxygen atoms in total. The first-order valence-corrected chi connectivity index (χ1v) is 8.82. The first-order chi connectivity index (χ1) is 12.5. The predicted octanol–water partition coefficient (Wildman–Crippen LogP) is 1.67. The highest BCUT2D eigenvalue weighted by Gasteiger charge is 2.32. The second-order valence-corrected chi connectivity index (χ2v) is 6.73. The standard InChI is InChI=1S/C19H23N3O4/c1-22-15-9-5-2-6-12(15)10-16(22)19(26)21-14-8-4-3-7-13(14)18(25)20-11-17(23)24/h2,5-6,9-10,13-14H,3-4,7-8,11H2,1H3,(H,20,25)(H,21,26)(H,23,24)/t13-,14+/m1/s1. The van der Waals surface area contributed by atoms with E-state index in [9.17, 15) is 14.4 Å². The number of aromatic nitrogens is 1. The van der Waals surface area contributed by atoms with Crippen LogP contribution in [0.4, 0.5) is 0 Å². The molecule has 1 aromatic carbocycles. The van der Waals surface area contributed by atoms with Crippen LogP contribution in [0.5, 0.6) is 0 Å². The molecule has 1 fully saturated rings. The largest absolute Gasteiger partial charge is 0.480 e. The Hall–Kier alpha value is -2.83. The van der Waals surface area contributed by atoms with E-state index < -0.39 is 18.4 Å². The SMILES string of the molecule is Cn1c(C(=O)N[C@H]2CCCC[C@H]2C(=O)NCC(=O)O)cc2ccccc21. The quantitative estimate of drug-likeness (QED) is 0.758. The third kappa shape index (κ3) is 3.71. The van der Waals surface area contributed by atoms with Gasteiger partial charge in [0.05, 0.1) is 5.92 Å². The molecular weight excluding hydrogens is 334 g/mol. The summed E-state index contributed by atoms with van der Waals surface area (Å²) in [5.41, 5.74) is 1.51. The van der Waals surface area contributed by atoms with Gasteiger partial charge >= 0.3 is 5.97 Å². The summed E-state index contributed by atoms with van der Waals surface area (Å²) < 4.78 is 1.84. The molecule has 0 saturated heterocycles. The third-order valence-corrected chi connectivity index (χ3v) is 5.02. The number of hydrogen-bond acceptors (Lipinski definition) is 3. The molecular formula is C19H23N3O4. The lowest BCUT2D eigenvalue weighted by molar-refractivity contribution is -0.139. The van der Waals surface area contributed by atoms with Crippen LogP contribution in [0.15, 0.2) is 30.3 Å². The zero-order chi connectivity index (χ0) is 18.7. The van der Waals surface area contributed by atoms with Crippen molar-refractivity contribution in [2.24, 2.45) is 13.0 Å². The Kier molecular flexibility index (Phi) is 5.25. The zero-order valence-corrected chi connectivity index (χ0v) is 14.7. The number of carboxylic acids is 1. The Morgan fingerprint density at radius 1 is 1.19 bits per heavy atom. The average Bonchev–Trinajstić information content (AvgIpc) is 2.97. The minimum absolute atomic E-state index is 0.216. The summed E-state index contributed by atoms with van der Waals surface area (Å²) in [5, 5.41) is 15.1. The molecule has 0 spiro atoms. The Labute approximate surface area is 151 Å². The smallest absolute Gasteiger partial charge is 0.322 e. The lowest BCUT2D eigenvalue weighted by atomic mass is 9.83. The van der Waals surface area contributed by atoms with Crippen molar-refractivity contribution >= 4 is 28.7 Å². The molecule has 1 aliphatic carbocycles. The van der Waals surface area contributed by atoms with Crippen molar-refractivity contribution in [3.05, 3.63) is 36.0 Å². The summed E-state index contributed by atoms with van der Waals surface area (Å²) in [4.78, 5) is 35.8. The number of aliphatic carboxylic acids is 1. The first-order valence-electron chi connectivity index (χ1n) is 8.82. The van der Waals surface area contributed by atoms with Gasteiger partial charge in [-0.2, -0.15) is 0 Å². The van der Waals surface area contributed by atoms with Crippen LogP contribution in [0.2, 0.25) is 0 Å². The van der Waals surface area contributed by atoms with Crippen LogP contribution in [0.3, 0.4) is 0 Å². The van der Waals surface area contributed by atoms with E-state index in [1.807, 2.05) is 41.9 Å². The average molecular weight is 357 g/mol. The molecule has 1 saturated carbocycles. The third-order valence-electron chi connectivity index (χ3n) is 5.02. The van der Waals surface area contributed by atoms with Gasteiger partial charge in [0.1, 0.15) is 12.2 Å². The van der Waals surface area contributed by atoms with Gasteiger partial charge in [0.25, 0.3) is 5.91 Å². The van der Waals surface area contributed by atoms with Crippen LogP contribution < -0.4 is 10.6 Å². The summed E-state index contributed by atoms with van der Waals surface area (Å²) in [6, 6.07) is 9.31. The van der Waals surface area contributed by atoms with E-state index in [0.29, 0.717) is 18.5 Å². The monoisotopic (exact) mass is 357 g/mol. The number of amides is 2. The lowest BCUT2D eigenvalue weighted by Crippen LogP contribution is -2.49. The summed E-state index contributed by atoms with van der Waals surface area (Å²) in [5.74, 6) is -2.01. The van der Waals surface area contributed by atoms with Crippen LogP contribution in [-0.2, 0) is 16.6 Å². The van der Waals surface area contributed by atoms with E-state index in [1.54, 1.807) is 0 Å². The number of carbonyl (C=O) groups is 3. The number of nitrogens with zero attached hydrogens (tertiary/aromatic N) is 1. The molecule has 3 rings (SSSR count). The van der Waals surface area contributed by atoms with Crippen molar-refractivity contribution in [1.82, 2.24) is 15.2 Å². The minimum atomic E-state index is -1.08. The normalized spacial score (nSPS) is 19.9. The Balaban J connectivity index is 1.74. The molecule has 0 unspecified atom stereocenters. The molecule has 2 amide bonds. The molecule has 0 bridgehead atoms. The van der Waals surface area contributed by atoms with Crippen LogP contribution in [-0.4, -0.2) is 40.0 Å². The second-order valence-electron chi connectivity index (χ2n) is 6.73. The predicted molar refractivity (Wildman–Crippen MR) is 96.8 cm³/mol. The zero-order valence-electron chi connectivity index (χ0n) is 14.7. The van der Waals surface area contributed by atoms with Gasteiger partial charge in [0, 0.05) is 24.0 Å². The molecule has 3 N–H and O–H groups in total.